The van der Waals surface area contributed by atoms with Crippen molar-refractivity contribution in [1.29, 1.82) is 0 Å². The summed E-state index contributed by atoms with van der Waals surface area (Å²) in [6, 6.07) is 9.31. The fourth-order valence-corrected chi connectivity index (χ4v) is 1.87. The van der Waals surface area contributed by atoms with Gasteiger partial charge < -0.3 is 15.6 Å². The summed E-state index contributed by atoms with van der Waals surface area (Å²) in [4.78, 5) is 11.1. The molecule has 98 valence electrons. The molecule has 0 radical (unpaired) electrons. The van der Waals surface area contributed by atoms with Crippen LogP contribution in [-0.4, -0.2) is 11.1 Å². The van der Waals surface area contributed by atoms with Crippen LogP contribution < -0.4 is 10.5 Å². The Hall–Kier alpha value is -1.83. The predicted molar refractivity (Wildman–Crippen MR) is 77.0 cm³/mol. The first-order valence-electron chi connectivity index (χ1n) is 5.23. The van der Waals surface area contributed by atoms with Crippen LogP contribution >= 0.6 is 22.6 Å². The summed E-state index contributed by atoms with van der Waals surface area (Å²) in [5.41, 5.74) is 4.61. The van der Waals surface area contributed by atoms with Crippen LogP contribution in [0.1, 0.15) is 10.4 Å². The lowest BCUT2D eigenvalue weighted by atomic mass is 10.1. The number of halogens is 2. The Morgan fingerprint density at radius 3 is 2.42 bits per heavy atom. The van der Waals surface area contributed by atoms with E-state index in [4.69, 9.17) is 15.6 Å². The van der Waals surface area contributed by atoms with Gasteiger partial charge in [-0.1, -0.05) is 0 Å². The molecule has 19 heavy (non-hydrogen) atoms. The molecule has 2 aromatic rings. The molecule has 0 amide bonds. The van der Waals surface area contributed by atoms with E-state index in [2.05, 4.69) is 22.6 Å². The molecular formula is C13H9FINO3. The van der Waals surface area contributed by atoms with Crippen LogP contribution in [0.25, 0.3) is 0 Å². The summed E-state index contributed by atoms with van der Waals surface area (Å²) >= 11 is 2.14. The molecule has 0 unspecified atom stereocenters. The highest BCUT2D eigenvalue weighted by molar-refractivity contribution is 14.1. The summed E-state index contributed by atoms with van der Waals surface area (Å²) in [5, 5.41) is 9.07. The number of carboxylic acid groups (broad SMARTS) is 1. The maximum atomic E-state index is 13.3. The van der Waals surface area contributed by atoms with Gasteiger partial charge in [0.2, 0.25) is 0 Å². The van der Waals surface area contributed by atoms with Gasteiger partial charge in [0.25, 0.3) is 0 Å². The maximum absolute atomic E-state index is 13.3. The summed E-state index contributed by atoms with van der Waals surface area (Å²) in [5.74, 6) is -1.66. The molecule has 0 aliphatic carbocycles. The molecular weight excluding hydrogens is 364 g/mol. The van der Waals surface area contributed by atoms with Gasteiger partial charge in [0.1, 0.15) is 22.9 Å². The fraction of sp³-hybridized carbons (Fsp3) is 0. The normalized spacial score (nSPS) is 10.2. The molecule has 0 saturated heterocycles. The second kappa shape index (κ2) is 5.43. The number of hydrogen-bond acceptors (Lipinski definition) is 3. The summed E-state index contributed by atoms with van der Waals surface area (Å²) in [6.45, 7) is 0. The third kappa shape index (κ3) is 2.95. The highest BCUT2D eigenvalue weighted by atomic mass is 127. The smallest absolute Gasteiger partial charge is 0.341 e. The number of benzene rings is 2. The average Bonchev–Trinajstić information content (AvgIpc) is 2.36. The quantitative estimate of drug-likeness (QED) is 0.638. The van der Waals surface area contributed by atoms with Crippen molar-refractivity contribution in [2.45, 2.75) is 0 Å². The number of rotatable bonds is 3. The Labute approximate surface area is 122 Å². The van der Waals surface area contributed by atoms with Gasteiger partial charge in [-0.25, -0.2) is 9.18 Å². The monoisotopic (exact) mass is 373 g/mol. The van der Waals surface area contributed by atoms with Gasteiger partial charge in [0.15, 0.2) is 0 Å². The lowest BCUT2D eigenvalue weighted by Crippen LogP contribution is -2.07. The third-order valence-corrected chi connectivity index (χ3v) is 3.13. The first kappa shape index (κ1) is 13.6. The van der Waals surface area contributed by atoms with Crippen LogP contribution in [0.4, 0.5) is 10.1 Å². The summed E-state index contributed by atoms with van der Waals surface area (Å²) in [6.07, 6.45) is 0. The van der Waals surface area contributed by atoms with Crippen LogP contribution in [-0.2, 0) is 0 Å². The van der Waals surface area contributed by atoms with E-state index >= 15 is 0 Å². The molecule has 0 spiro atoms. The number of anilines is 1. The van der Waals surface area contributed by atoms with Gasteiger partial charge >= 0.3 is 5.97 Å². The number of aromatic carboxylic acids is 1. The predicted octanol–water partition coefficient (Wildman–Crippen LogP) is 3.50. The third-order valence-electron chi connectivity index (χ3n) is 2.41. The number of nitrogens with two attached hydrogens (primary N) is 1. The zero-order valence-corrected chi connectivity index (χ0v) is 11.7. The van der Waals surface area contributed by atoms with E-state index in [1.807, 2.05) is 12.1 Å². The summed E-state index contributed by atoms with van der Waals surface area (Å²) < 4.78 is 19.7. The van der Waals surface area contributed by atoms with Crippen LogP contribution in [0.5, 0.6) is 11.5 Å². The van der Waals surface area contributed by atoms with Gasteiger partial charge in [0, 0.05) is 3.57 Å². The van der Waals surface area contributed by atoms with E-state index in [9.17, 15) is 9.18 Å². The molecule has 0 aliphatic heterocycles. The van der Waals surface area contributed by atoms with Crippen LogP contribution in [0.15, 0.2) is 36.4 Å². The van der Waals surface area contributed by atoms with Crippen molar-refractivity contribution in [3.63, 3.8) is 0 Å². The Kier molecular flexibility index (Phi) is 3.89. The standard InChI is InChI=1S/C13H9FINO3/c14-9-5-6-10(11(12(9)16)13(17)18)19-8-3-1-7(15)2-4-8/h1-6H,16H2,(H,17,18). The van der Waals surface area contributed by atoms with Crippen molar-refractivity contribution in [3.8, 4) is 11.5 Å². The van der Waals surface area contributed by atoms with Gasteiger partial charge in [-0.2, -0.15) is 0 Å². The summed E-state index contributed by atoms with van der Waals surface area (Å²) in [7, 11) is 0. The molecule has 3 N–H and O–H groups in total. The Morgan fingerprint density at radius 1 is 1.21 bits per heavy atom. The van der Waals surface area contributed by atoms with E-state index in [-0.39, 0.29) is 11.3 Å². The van der Waals surface area contributed by atoms with E-state index in [1.54, 1.807) is 12.1 Å². The van der Waals surface area contributed by atoms with Crippen molar-refractivity contribution in [2.24, 2.45) is 0 Å². The highest BCUT2D eigenvalue weighted by Gasteiger charge is 2.19. The van der Waals surface area contributed by atoms with Crippen molar-refractivity contribution >= 4 is 34.2 Å². The number of nitrogen functional groups attached to an aromatic ring is 1. The van der Waals surface area contributed by atoms with Crippen molar-refractivity contribution < 1.29 is 19.0 Å². The molecule has 0 aromatic heterocycles. The van der Waals surface area contributed by atoms with E-state index in [0.29, 0.717) is 5.75 Å². The fourth-order valence-electron chi connectivity index (χ4n) is 1.51. The van der Waals surface area contributed by atoms with E-state index in [1.165, 1.54) is 6.07 Å². The van der Waals surface area contributed by atoms with Crippen molar-refractivity contribution in [3.05, 3.63) is 51.3 Å². The topological polar surface area (TPSA) is 72.5 Å². The molecule has 2 aromatic carbocycles. The van der Waals surface area contributed by atoms with Crippen LogP contribution in [0, 0.1) is 9.39 Å². The van der Waals surface area contributed by atoms with Gasteiger partial charge in [-0.15, -0.1) is 0 Å². The molecule has 0 heterocycles. The molecule has 0 fully saturated rings. The van der Waals surface area contributed by atoms with E-state index < -0.39 is 17.5 Å². The van der Waals surface area contributed by atoms with Gasteiger partial charge in [-0.3, -0.25) is 0 Å². The van der Waals surface area contributed by atoms with Crippen LogP contribution in [0.3, 0.4) is 0 Å². The molecule has 4 nitrogen and oxygen atoms in total. The average molecular weight is 373 g/mol. The largest absolute Gasteiger partial charge is 0.477 e. The molecule has 0 bridgehead atoms. The minimum Gasteiger partial charge on any atom is -0.477 e. The molecule has 2 rings (SSSR count). The van der Waals surface area contributed by atoms with E-state index in [0.717, 1.165) is 9.64 Å². The second-order valence-corrected chi connectivity index (χ2v) is 4.94. The Balaban J connectivity index is 2.42. The highest BCUT2D eigenvalue weighted by Crippen LogP contribution is 2.31. The van der Waals surface area contributed by atoms with Gasteiger partial charge in [-0.05, 0) is 59.0 Å². The lowest BCUT2D eigenvalue weighted by Gasteiger charge is -2.11. The SMILES string of the molecule is Nc1c(F)ccc(Oc2ccc(I)cc2)c1C(=O)O. The number of ether oxygens (including phenoxy) is 1. The minimum absolute atomic E-state index is 0.00704. The zero-order chi connectivity index (χ0) is 14.0. The number of carboxylic acids is 1. The lowest BCUT2D eigenvalue weighted by molar-refractivity contribution is 0.0695. The second-order valence-electron chi connectivity index (χ2n) is 3.70. The zero-order valence-electron chi connectivity index (χ0n) is 9.56. The Morgan fingerprint density at radius 2 is 1.84 bits per heavy atom. The molecule has 0 saturated carbocycles. The van der Waals surface area contributed by atoms with Crippen molar-refractivity contribution in [2.75, 3.05) is 5.73 Å². The molecule has 0 atom stereocenters. The van der Waals surface area contributed by atoms with Gasteiger partial charge in [0.05, 0.1) is 5.69 Å². The number of carbonyl (C=O) groups is 1. The number of hydrogen-bond donors (Lipinski definition) is 2. The van der Waals surface area contributed by atoms with Crippen LogP contribution in [0.2, 0.25) is 0 Å². The first-order chi connectivity index (χ1) is 8.99. The maximum Gasteiger partial charge on any atom is 0.341 e. The first-order valence-corrected chi connectivity index (χ1v) is 6.31. The molecule has 6 heteroatoms. The minimum atomic E-state index is -1.34. The van der Waals surface area contributed by atoms with Crippen molar-refractivity contribution in [1.82, 2.24) is 0 Å². The Bertz CT molecular complexity index is 629. The molecule has 0 aliphatic rings.